The second kappa shape index (κ2) is 12.0. The summed E-state index contributed by atoms with van der Waals surface area (Å²) < 4.78 is 12.4. The SMILES string of the molecule is CN/C=C\NC1=C(/C=C/COc2c(N)ccc3ccccc23)CCC/C1=C\C=C1\Nc2ccc3ccccc3c2O1. The first-order valence-electron chi connectivity index (χ1n) is 14.0. The number of fused-ring (bicyclic) bond motifs is 4. The molecule has 6 nitrogen and oxygen atoms in total. The van der Waals surface area contributed by atoms with Gasteiger partial charge in [-0.3, -0.25) is 0 Å². The minimum absolute atomic E-state index is 0.425. The van der Waals surface area contributed by atoms with Crippen molar-refractivity contribution < 1.29 is 9.47 Å². The predicted molar refractivity (Wildman–Crippen MR) is 170 cm³/mol. The van der Waals surface area contributed by atoms with Crippen molar-refractivity contribution in [2.24, 2.45) is 0 Å². The Hall–Kier alpha value is -5.10. The van der Waals surface area contributed by atoms with Gasteiger partial charge in [0.15, 0.2) is 11.6 Å². The predicted octanol–water partition coefficient (Wildman–Crippen LogP) is 7.50. The van der Waals surface area contributed by atoms with Crippen LogP contribution in [0.4, 0.5) is 11.4 Å². The molecule has 0 saturated carbocycles. The van der Waals surface area contributed by atoms with E-state index in [4.69, 9.17) is 15.2 Å². The Balaban J connectivity index is 1.23. The summed E-state index contributed by atoms with van der Waals surface area (Å²) in [6.07, 6.45) is 15.2. The van der Waals surface area contributed by atoms with E-state index in [1.807, 2.05) is 68.0 Å². The van der Waals surface area contributed by atoms with Crippen molar-refractivity contribution in [1.82, 2.24) is 10.6 Å². The number of anilines is 2. The molecule has 206 valence electrons. The van der Waals surface area contributed by atoms with E-state index >= 15 is 0 Å². The number of ether oxygens (including phenoxy) is 2. The van der Waals surface area contributed by atoms with Gasteiger partial charge < -0.3 is 31.2 Å². The monoisotopic (exact) mass is 542 g/mol. The molecule has 0 atom stereocenters. The van der Waals surface area contributed by atoms with Crippen molar-refractivity contribution in [3.05, 3.63) is 132 Å². The molecule has 1 heterocycles. The van der Waals surface area contributed by atoms with Gasteiger partial charge in [0.2, 0.25) is 0 Å². The maximum Gasteiger partial charge on any atom is 0.198 e. The fraction of sp³-hybridized carbons (Fsp3) is 0.143. The number of rotatable bonds is 8. The van der Waals surface area contributed by atoms with Crippen LogP contribution in [0.1, 0.15) is 19.3 Å². The van der Waals surface area contributed by atoms with Crippen LogP contribution < -0.4 is 31.2 Å². The molecule has 5 N–H and O–H groups in total. The zero-order chi connectivity index (χ0) is 28.0. The minimum atomic E-state index is 0.425. The van der Waals surface area contributed by atoms with Crippen molar-refractivity contribution in [3.8, 4) is 11.5 Å². The summed E-state index contributed by atoms with van der Waals surface area (Å²) in [4.78, 5) is 0. The molecule has 0 unspecified atom stereocenters. The maximum absolute atomic E-state index is 6.25. The summed E-state index contributed by atoms with van der Waals surface area (Å²) in [5.41, 5.74) is 11.4. The summed E-state index contributed by atoms with van der Waals surface area (Å²) in [6, 6.07) is 24.5. The van der Waals surface area contributed by atoms with E-state index < -0.39 is 0 Å². The molecule has 1 aliphatic heterocycles. The molecule has 0 amide bonds. The highest BCUT2D eigenvalue weighted by Gasteiger charge is 2.20. The Bertz CT molecular complexity index is 1750. The lowest BCUT2D eigenvalue weighted by molar-refractivity contribution is 0.369. The number of hydrogen-bond donors (Lipinski definition) is 4. The van der Waals surface area contributed by atoms with Gasteiger partial charge >= 0.3 is 0 Å². The van der Waals surface area contributed by atoms with Crippen LogP contribution in [0.25, 0.3) is 21.5 Å². The molecular weight excluding hydrogens is 508 g/mol. The van der Waals surface area contributed by atoms with Gasteiger partial charge in [-0.05, 0) is 65.5 Å². The summed E-state index contributed by atoms with van der Waals surface area (Å²) >= 11 is 0. The van der Waals surface area contributed by atoms with Crippen LogP contribution >= 0.6 is 0 Å². The van der Waals surface area contributed by atoms with Gasteiger partial charge in [-0.2, -0.15) is 0 Å². The Morgan fingerprint density at radius 1 is 0.902 bits per heavy atom. The molecule has 0 bridgehead atoms. The van der Waals surface area contributed by atoms with E-state index in [1.54, 1.807) is 0 Å². The molecule has 0 aromatic heterocycles. The highest BCUT2D eigenvalue weighted by molar-refractivity contribution is 5.95. The second-order valence-corrected chi connectivity index (χ2v) is 10.1. The zero-order valence-electron chi connectivity index (χ0n) is 23.1. The first-order valence-corrected chi connectivity index (χ1v) is 14.0. The van der Waals surface area contributed by atoms with Crippen LogP contribution in [0.2, 0.25) is 0 Å². The third-order valence-electron chi connectivity index (χ3n) is 7.35. The van der Waals surface area contributed by atoms with E-state index in [-0.39, 0.29) is 0 Å². The highest BCUT2D eigenvalue weighted by Crippen LogP contribution is 2.40. The van der Waals surface area contributed by atoms with Gasteiger partial charge in [-0.15, -0.1) is 0 Å². The van der Waals surface area contributed by atoms with Crippen LogP contribution in [0.15, 0.2) is 132 Å². The standard InChI is InChI=1S/C35H34N4O2/c1-37-21-22-38-33-26(12-7-23-40-34-28-13-4-2-8-24(28)15-18-30(34)36)10-6-11-27(33)17-20-32-39-31-19-16-25-9-3-5-14-29(25)35(31)41-32/h2-5,7-9,12-22,37-39H,6,10-11,23,36H2,1H3/b12-7+,22-21-,27-17+,32-20-. The molecule has 4 aromatic carbocycles. The molecule has 0 fully saturated rings. The Kier molecular flexibility index (Phi) is 7.63. The fourth-order valence-electron chi connectivity index (χ4n) is 5.37. The van der Waals surface area contributed by atoms with E-state index in [0.29, 0.717) is 12.3 Å². The zero-order valence-corrected chi connectivity index (χ0v) is 23.1. The van der Waals surface area contributed by atoms with Gasteiger partial charge in [0, 0.05) is 35.9 Å². The number of nitrogen functional groups attached to an aromatic ring is 1. The topological polar surface area (TPSA) is 80.6 Å². The molecule has 2 aliphatic rings. The molecular formula is C35H34N4O2. The van der Waals surface area contributed by atoms with Crippen LogP contribution in [-0.2, 0) is 0 Å². The molecule has 0 spiro atoms. The van der Waals surface area contributed by atoms with Crippen molar-refractivity contribution >= 4 is 32.9 Å². The van der Waals surface area contributed by atoms with Crippen molar-refractivity contribution in [3.63, 3.8) is 0 Å². The van der Waals surface area contributed by atoms with Gasteiger partial charge in [0.25, 0.3) is 0 Å². The second-order valence-electron chi connectivity index (χ2n) is 10.1. The summed E-state index contributed by atoms with van der Waals surface area (Å²) in [7, 11) is 1.89. The van der Waals surface area contributed by atoms with Crippen LogP contribution in [-0.4, -0.2) is 13.7 Å². The van der Waals surface area contributed by atoms with Gasteiger partial charge in [-0.1, -0.05) is 72.8 Å². The third kappa shape index (κ3) is 5.63. The molecule has 0 radical (unpaired) electrons. The summed E-state index contributed by atoms with van der Waals surface area (Å²) in [6.45, 7) is 0.425. The van der Waals surface area contributed by atoms with Crippen LogP contribution in [0.3, 0.4) is 0 Å². The normalized spacial score (nSPS) is 17.0. The molecule has 6 rings (SSSR count). The molecule has 1 aliphatic carbocycles. The molecule has 6 heteroatoms. The highest BCUT2D eigenvalue weighted by atomic mass is 16.5. The Morgan fingerprint density at radius 2 is 1.68 bits per heavy atom. The molecule has 4 aromatic rings. The maximum atomic E-state index is 6.25. The van der Waals surface area contributed by atoms with Crippen LogP contribution in [0, 0.1) is 0 Å². The number of nitrogens with one attached hydrogen (secondary N) is 3. The number of nitrogens with two attached hydrogens (primary N) is 1. The van der Waals surface area contributed by atoms with Crippen molar-refractivity contribution in [2.75, 3.05) is 24.7 Å². The average Bonchev–Trinajstić information content (AvgIpc) is 3.44. The smallest absolute Gasteiger partial charge is 0.198 e. The Morgan fingerprint density at radius 3 is 2.54 bits per heavy atom. The lowest BCUT2D eigenvalue weighted by atomic mass is 9.91. The van der Waals surface area contributed by atoms with Gasteiger partial charge in [-0.25, -0.2) is 0 Å². The lowest BCUT2D eigenvalue weighted by Crippen LogP contribution is -2.15. The number of hydrogen-bond acceptors (Lipinski definition) is 6. The van der Waals surface area contributed by atoms with E-state index in [2.05, 4.69) is 64.5 Å². The Labute approximate surface area is 240 Å². The van der Waals surface area contributed by atoms with E-state index in [1.165, 1.54) is 11.1 Å². The minimum Gasteiger partial charge on any atom is -0.487 e. The summed E-state index contributed by atoms with van der Waals surface area (Å²) in [5.74, 6) is 2.32. The lowest BCUT2D eigenvalue weighted by Gasteiger charge is -2.21. The quantitative estimate of drug-likeness (QED) is 0.173. The van der Waals surface area contributed by atoms with E-state index in [9.17, 15) is 0 Å². The molecule has 0 saturated heterocycles. The van der Waals surface area contributed by atoms with Crippen LogP contribution in [0.5, 0.6) is 11.5 Å². The average molecular weight is 543 g/mol. The van der Waals surface area contributed by atoms with Crippen molar-refractivity contribution in [2.45, 2.75) is 19.3 Å². The number of benzene rings is 4. The number of allylic oxidation sites excluding steroid dienone is 5. The summed E-state index contributed by atoms with van der Waals surface area (Å²) in [5, 5.41) is 14.4. The first kappa shape index (κ1) is 26.1. The van der Waals surface area contributed by atoms with Gasteiger partial charge in [0.1, 0.15) is 12.4 Å². The third-order valence-corrected chi connectivity index (χ3v) is 7.35. The van der Waals surface area contributed by atoms with Gasteiger partial charge in [0.05, 0.1) is 11.4 Å². The largest absolute Gasteiger partial charge is 0.487 e. The molecule has 41 heavy (non-hydrogen) atoms. The van der Waals surface area contributed by atoms with Crippen molar-refractivity contribution in [1.29, 1.82) is 0 Å². The first-order chi connectivity index (χ1) is 20.2. The fourth-order valence-corrected chi connectivity index (χ4v) is 5.37. The van der Waals surface area contributed by atoms with E-state index in [0.717, 1.165) is 69.6 Å².